The second-order valence-electron chi connectivity index (χ2n) is 9.34. The van der Waals surface area contributed by atoms with E-state index in [4.69, 9.17) is 18.9 Å². The maximum atomic E-state index is 13.1. The van der Waals surface area contributed by atoms with Crippen molar-refractivity contribution < 1.29 is 33.3 Å². The van der Waals surface area contributed by atoms with E-state index in [1.54, 1.807) is 36.4 Å². The van der Waals surface area contributed by atoms with E-state index in [1.165, 1.54) is 0 Å². The average molecular weight is 471 g/mol. The van der Waals surface area contributed by atoms with Gasteiger partial charge >= 0.3 is 11.9 Å². The Morgan fingerprint density at radius 2 is 2.03 bits per heavy atom. The first-order valence-electron chi connectivity index (χ1n) is 12.5. The zero-order chi connectivity index (χ0) is 23.9. The lowest BCUT2D eigenvalue weighted by atomic mass is 9.91. The summed E-state index contributed by atoms with van der Waals surface area (Å²) in [6, 6.07) is 8.81. The van der Waals surface area contributed by atoms with Gasteiger partial charge in [0, 0.05) is 24.9 Å². The molecule has 0 aromatic heterocycles. The number of hydrogen-bond donors (Lipinski definition) is 0. The van der Waals surface area contributed by atoms with Gasteiger partial charge in [-0.25, -0.2) is 4.79 Å². The summed E-state index contributed by atoms with van der Waals surface area (Å²) in [7, 11) is 0. The minimum atomic E-state index is -0.566. The van der Waals surface area contributed by atoms with Gasteiger partial charge in [-0.05, 0) is 43.9 Å². The van der Waals surface area contributed by atoms with E-state index >= 15 is 0 Å². The normalized spacial score (nSPS) is 29.6. The first-order chi connectivity index (χ1) is 16.5. The first kappa shape index (κ1) is 24.6. The molecule has 4 rings (SSSR count). The molecule has 7 nitrogen and oxygen atoms in total. The van der Waals surface area contributed by atoms with Crippen LogP contribution in [0.1, 0.15) is 68.6 Å². The molecule has 0 spiro atoms. The van der Waals surface area contributed by atoms with Crippen LogP contribution < -0.4 is 0 Å². The van der Waals surface area contributed by atoms with E-state index in [0.717, 1.165) is 32.1 Å². The SMILES string of the molecule is CCCCC(OC1CCCCO1)C(=O)/C=C/[C@@H]1[C@H]2CC(=O)O[C@H]2C[C@H]1OC(=O)c1ccccc1. The van der Waals surface area contributed by atoms with Crippen LogP contribution in [-0.4, -0.2) is 48.9 Å². The summed E-state index contributed by atoms with van der Waals surface area (Å²) < 4.78 is 23.0. The lowest BCUT2D eigenvalue weighted by Crippen LogP contribution is -2.32. The molecule has 0 bridgehead atoms. The first-order valence-corrected chi connectivity index (χ1v) is 12.5. The number of ether oxygens (including phenoxy) is 4. The van der Waals surface area contributed by atoms with Crippen LogP contribution in [-0.2, 0) is 28.5 Å². The Bertz CT molecular complexity index is 874. The van der Waals surface area contributed by atoms with Crippen molar-refractivity contribution in [2.24, 2.45) is 11.8 Å². The minimum absolute atomic E-state index is 0.109. The quantitative estimate of drug-likeness (QED) is 0.370. The summed E-state index contributed by atoms with van der Waals surface area (Å²) in [5.41, 5.74) is 0.468. The molecule has 0 radical (unpaired) electrons. The fourth-order valence-corrected chi connectivity index (χ4v) is 5.05. The molecule has 3 aliphatic rings. The highest BCUT2D eigenvalue weighted by molar-refractivity contribution is 5.93. The molecule has 6 atom stereocenters. The third kappa shape index (κ3) is 6.13. The van der Waals surface area contributed by atoms with E-state index in [0.29, 0.717) is 25.0 Å². The Morgan fingerprint density at radius 3 is 2.76 bits per heavy atom. The van der Waals surface area contributed by atoms with Gasteiger partial charge in [-0.3, -0.25) is 9.59 Å². The Hall–Kier alpha value is -2.51. The molecular formula is C27H34O7. The second-order valence-corrected chi connectivity index (χ2v) is 9.34. The van der Waals surface area contributed by atoms with Crippen LogP contribution in [0.25, 0.3) is 0 Å². The number of hydrogen-bond acceptors (Lipinski definition) is 7. The van der Waals surface area contributed by atoms with Gasteiger partial charge in [0.15, 0.2) is 12.1 Å². The standard InChI is InChI=1S/C27H34O7/c1-2-3-11-22(33-26-12-7-8-15-31-26)21(28)14-13-19-20-16-25(29)32-24(20)17-23(19)34-27(30)18-9-5-4-6-10-18/h4-6,9-10,13-14,19-20,22-24,26H,2-3,7-8,11-12,15-17H2,1H3/b14-13+/t19-,20-,22?,23-,24+,26?/m1/s1. The van der Waals surface area contributed by atoms with Crippen molar-refractivity contribution in [3.05, 3.63) is 48.0 Å². The smallest absolute Gasteiger partial charge is 0.338 e. The van der Waals surface area contributed by atoms with Crippen LogP contribution in [0.3, 0.4) is 0 Å². The highest BCUT2D eigenvalue weighted by Gasteiger charge is 2.50. The fraction of sp³-hybridized carbons (Fsp3) is 0.593. The topological polar surface area (TPSA) is 88.1 Å². The van der Waals surface area contributed by atoms with E-state index in [1.807, 2.05) is 6.07 Å². The van der Waals surface area contributed by atoms with Gasteiger partial charge in [0.25, 0.3) is 0 Å². The summed E-state index contributed by atoms with van der Waals surface area (Å²) in [6.45, 7) is 2.73. The number of carbonyl (C=O) groups excluding carboxylic acids is 3. The second kappa shape index (κ2) is 11.8. The Labute approximate surface area is 200 Å². The molecule has 1 aliphatic carbocycles. The van der Waals surface area contributed by atoms with Crippen molar-refractivity contribution in [2.45, 2.75) is 82.9 Å². The molecule has 0 amide bonds. The number of rotatable bonds is 10. The Morgan fingerprint density at radius 1 is 1.21 bits per heavy atom. The predicted molar refractivity (Wildman–Crippen MR) is 124 cm³/mol. The third-order valence-corrected chi connectivity index (χ3v) is 6.89. The Balaban J connectivity index is 1.45. The molecule has 2 unspecified atom stereocenters. The molecule has 184 valence electrons. The molecule has 1 saturated carbocycles. The lowest BCUT2D eigenvalue weighted by Gasteiger charge is -2.27. The maximum absolute atomic E-state index is 13.1. The highest BCUT2D eigenvalue weighted by atomic mass is 16.7. The van der Waals surface area contributed by atoms with Gasteiger partial charge in [0.05, 0.1) is 12.0 Å². The van der Waals surface area contributed by atoms with Crippen molar-refractivity contribution in [1.29, 1.82) is 0 Å². The molecule has 3 fully saturated rings. The number of unbranched alkanes of at least 4 members (excludes halogenated alkanes) is 1. The maximum Gasteiger partial charge on any atom is 0.338 e. The number of fused-ring (bicyclic) bond motifs is 1. The van der Waals surface area contributed by atoms with Gasteiger partial charge < -0.3 is 18.9 Å². The monoisotopic (exact) mass is 470 g/mol. The van der Waals surface area contributed by atoms with Crippen molar-refractivity contribution >= 4 is 17.7 Å². The molecule has 1 aromatic carbocycles. The molecular weight excluding hydrogens is 436 g/mol. The number of esters is 2. The number of benzene rings is 1. The van der Waals surface area contributed by atoms with Crippen LogP contribution in [0.4, 0.5) is 0 Å². The predicted octanol–water partition coefficient (Wildman–Crippen LogP) is 4.39. The fourth-order valence-electron chi connectivity index (χ4n) is 5.05. The van der Waals surface area contributed by atoms with E-state index in [-0.39, 0.29) is 42.4 Å². The molecule has 34 heavy (non-hydrogen) atoms. The molecule has 0 N–H and O–H groups in total. The highest BCUT2D eigenvalue weighted by Crippen LogP contribution is 2.43. The summed E-state index contributed by atoms with van der Waals surface area (Å²) in [5.74, 6) is -1.16. The van der Waals surface area contributed by atoms with Crippen molar-refractivity contribution in [1.82, 2.24) is 0 Å². The molecule has 7 heteroatoms. The molecule has 2 aliphatic heterocycles. The lowest BCUT2D eigenvalue weighted by molar-refractivity contribution is -0.190. The largest absolute Gasteiger partial charge is 0.462 e. The van der Waals surface area contributed by atoms with Crippen LogP contribution in [0.5, 0.6) is 0 Å². The summed E-state index contributed by atoms with van der Waals surface area (Å²) in [4.78, 5) is 37.7. The number of ketones is 1. The number of carbonyl (C=O) groups is 3. The zero-order valence-corrected chi connectivity index (χ0v) is 19.7. The van der Waals surface area contributed by atoms with Gasteiger partial charge in [-0.15, -0.1) is 0 Å². The van der Waals surface area contributed by atoms with Crippen molar-refractivity contribution in [3.63, 3.8) is 0 Å². The minimum Gasteiger partial charge on any atom is -0.462 e. The molecule has 1 aromatic rings. The average Bonchev–Trinajstić information content (AvgIpc) is 3.36. The van der Waals surface area contributed by atoms with E-state index in [9.17, 15) is 14.4 Å². The van der Waals surface area contributed by atoms with E-state index < -0.39 is 18.2 Å². The van der Waals surface area contributed by atoms with Crippen molar-refractivity contribution in [3.8, 4) is 0 Å². The summed E-state index contributed by atoms with van der Waals surface area (Å²) in [6.07, 6.45) is 7.68. The van der Waals surface area contributed by atoms with Gasteiger partial charge in [0.1, 0.15) is 18.3 Å². The van der Waals surface area contributed by atoms with E-state index in [2.05, 4.69) is 6.92 Å². The van der Waals surface area contributed by atoms with Gasteiger partial charge in [0.2, 0.25) is 0 Å². The molecule has 2 saturated heterocycles. The zero-order valence-electron chi connectivity index (χ0n) is 19.7. The Kier molecular flexibility index (Phi) is 8.51. The van der Waals surface area contributed by atoms with Gasteiger partial charge in [-0.2, -0.15) is 0 Å². The van der Waals surface area contributed by atoms with Crippen LogP contribution in [0.2, 0.25) is 0 Å². The van der Waals surface area contributed by atoms with Crippen LogP contribution in [0.15, 0.2) is 42.5 Å². The van der Waals surface area contributed by atoms with Gasteiger partial charge in [-0.1, -0.05) is 44.0 Å². The third-order valence-electron chi connectivity index (χ3n) is 6.89. The summed E-state index contributed by atoms with van der Waals surface area (Å²) >= 11 is 0. The van der Waals surface area contributed by atoms with Crippen LogP contribution in [0, 0.1) is 11.8 Å². The summed E-state index contributed by atoms with van der Waals surface area (Å²) in [5, 5.41) is 0. The van der Waals surface area contributed by atoms with Crippen molar-refractivity contribution in [2.75, 3.05) is 6.61 Å². The molecule has 2 heterocycles. The van der Waals surface area contributed by atoms with Crippen LogP contribution >= 0.6 is 0 Å².